The first kappa shape index (κ1) is 15.0. The van der Waals surface area contributed by atoms with Crippen molar-refractivity contribution in [3.63, 3.8) is 0 Å². The number of ether oxygens (including phenoxy) is 1. The van der Waals surface area contributed by atoms with Crippen molar-refractivity contribution in [2.45, 2.75) is 18.9 Å². The summed E-state index contributed by atoms with van der Waals surface area (Å²) in [7, 11) is 1.54. The van der Waals surface area contributed by atoms with Crippen molar-refractivity contribution in [3.05, 3.63) is 29.8 Å². The van der Waals surface area contributed by atoms with Gasteiger partial charge in [0.05, 0.1) is 7.11 Å². The van der Waals surface area contributed by atoms with Crippen LogP contribution in [-0.4, -0.2) is 35.8 Å². The average molecular weight is 267 g/mol. The Labute approximate surface area is 111 Å². The highest BCUT2D eigenvalue weighted by Gasteiger charge is 2.18. The first-order valence-corrected chi connectivity index (χ1v) is 5.86. The van der Waals surface area contributed by atoms with E-state index in [0.717, 1.165) is 0 Å². The van der Waals surface area contributed by atoms with Crippen LogP contribution in [0.25, 0.3) is 0 Å². The molecular weight excluding hydrogens is 250 g/mol. The van der Waals surface area contributed by atoms with E-state index in [0.29, 0.717) is 24.3 Å². The number of methoxy groups -OCH3 is 1. The Morgan fingerprint density at radius 3 is 2.37 bits per heavy atom. The third-order valence-electron chi connectivity index (χ3n) is 2.61. The Bertz CT molecular complexity index is 429. The molecule has 1 unspecified atom stereocenters. The van der Waals surface area contributed by atoms with Crippen molar-refractivity contribution in [1.82, 2.24) is 5.32 Å². The second-order valence-electron chi connectivity index (χ2n) is 4.00. The number of rotatable bonds is 8. The van der Waals surface area contributed by atoms with Crippen molar-refractivity contribution in [2.24, 2.45) is 0 Å². The van der Waals surface area contributed by atoms with Gasteiger partial charge in [0.2, 0.25) is 0 Å². The minimum absolute atomic E-state index is 0.0158. The summed E-state index contributed by atoms with van der Waals surface area (Å²) < 4.78 is 5.00. The van der Waals surface area contributed by atoms with E-state index >= 15 is 0 Å². The molecule has 19 heavy (non-hydrogen) atoms. The molecule has 0 aliphatic rings. The van der Waals surface area contributed by atoms with Crippen molar-refractivity contribution in [2.75, 3.05) is 13.7 Å². The van der Waals surface area contributed by atoms with Crippen LogP contribution in [0.3, 0.4) is 0 Å². The number of aliphatic carboxylic acids is 2. The molecule has 0 aromatic heterocycles. The molecule has 0 spiro atoms. The fraction of sp³-hybridized carbons (Fsp3) is 0.385. The van der Waals surface area contributed by atoms with Crippen molar-refractivity contribution in [1.29, 1.82) is 0 Å². The minimum atomic E-state index is -1.000. The van der Waals surface area contributed by atoms with Crippen molar-refractivity contribution >= 4 is 11.9 Å². The maximum absolute atomic E-state index is 11.2. The lowest BCUT2D eigenvalue weighted by Gasteiger charge is -2.14. The van der Waals surface area contributed by atoms with Gasteiger partial charge in [-0.3, -0.25) is 9.59 Å². The van der Waals surface area contributed by atoms with E-state index in [1.165, 1.54) is 7.11 Å². The molecule has 0 radical (unpaired) electrons. The van der Waals surface area contributed by atoms with Crippen molar-refractivity contribution < 1.29 is 24.5 Å². The molecule has 3 N–H and O–H groups in total. The van der Waals surface area contributed by atoms with E-state index < -0.39 is 18.0 Å². The molecule has 104 valence electrons. The quantitative estimate of drug-likeness (QED) is 0.614. The Hall–Kier alpha value is -2.08. The maximum Gasteiger partial charge on any atom is 0.325 e. The molecule has 6 nitrogen and oxygen atoms in total. The largest absolute Gasteiger partial charge is 0.497 e. The number of hydrogen-bond donors (Lipinski definition) is 3. The van der Waals surface area contributed by atoms with Gasteiger partial charge in [-0.25, -0.2) is 0 Å². The van der Waals surface area contributed by atoms with Crippen LogP contribution in [0.15, 0.2) is 24.3 Å². The lowest BCUT2D eigenvalue weighted by molar-refractivity contribution is -0.139. The summed E-state index contributed by atoms with van der Waals surface area (Å²) in [5.41, 5.74) is 0.601. The standard InChI is InChI=1S/C13H17NO5/c1-19-10-6-4-9(5-7-10)12(13(17)18)14-8-2-3-11(15)16/h4-7,12,14H,2-3,8H2,1H3,(H,15,16)(H,17,18). The highest BCUT2D eigenvalue weighted by Crippen LogP contribution is 2.18. The summed E-state index contributed by atoms with van der Waals surface area (Å²) >= 11 is 0. The Balaban J connectivity index is 2.60. The lowest BCUT2D eigenvalue weighted by Crippen LogP contribution is -2.29. The molecule has 6 heteroatoms. The zero-order valence-electron chi connectivity index (χ0n) is 10.6. The summed E-state index contributed by atoms with van der Waals surface area (Å²) in [5.74, 6) is -1.24. The van der Waals surface area contributed by atoms with Gasteiger partial charge in [0.1, 0.15) is 11.8 Å². The molecule has 0 aliphatic heterocycles. The molecule has 1 aromatic rings. The SMILES string of the molecule is COc1ccc(C(NCCCC(=O)O)C(=O)O)cc1. The van der Waals surface area contributed by atoms with Crippen LogP contribution in [0.5, 0.6) is 5.75 Å². The van der Waals surface area contributed by atoms with Crippen LogP contribution >= 0.6 is 0 Å². The van der Waals surface area contributed by atoms with Crippen molar-refractivity contribution in [3.8, 4) is 5.75 Å². The van der Waals surface area contributed by atoms with Crippen LogP contribution in [0.2, 0.25) is 0 Å². The molecule has 1 aromatic carbocycles. The first-order chi connectivity index (χ1) is 9.04. The van der Waals surface area contributed by atoms with Gasteiger partial charge in [0, 0.05) is 6.42 Å². The molecule has 0 saturated carbocycles. The van der Waals surface area contributed by atoms with E-state index in [1.54, 1.807) is 24.3 Å². The van der Waals surface area contributed by atoms with Gasteiger partial charge in [0.25, 0.3) is 0 Å². The zero-order valence-corrected chi connectivity index (χ0v) is 10.6. The summed E-state index contributed by atoms with van der Waals surface area (Å²) in [6.07, 6.45) is 0.400. The van der Waals surface area contributed by atoms with E-state index in [-0.39, 0.29) is 6.42 Å². The fourth-order valence-electron chi connectivity index (χ4n) is 1.63. The molecule has 0 amide bonds. The second-order valence-corrected chi connectivity index (χ2v) is 4.00. The Morgan fingerprint density at radius 2 is 1.89 bits per heavy atom. The topological polar surface area (TPSA) is 95.9 Å². The number of carbonyl (C=O) groups is 2. The first-order valence-electron chi connectivity index (χ1n) is 5.86. The third-order valence-corrected chi connectivity index (χ3v) is 2.61. The van der Waals surface area contributed by atoms with Crippen LogP contribution in [0.1, 0.15) is 24.4 Å². The number of carboxylic acids is 2. The number of nitrogens with one attached hydrogen (secondary N) is 1. The van der Waals surface area contributed by atoms with E-state index in [1.807, 2.05) is 0 Å². The smallest absolute Gasteiger partial charge is 0.325 e. The number of hydrogen-bond acceptors (Lipinski definition) is 4. The number of carboxylic acid groups (broad SMARTS) is 2. The van der Waals surface area contributed by atoms with E-state index in [4.69, 9.17) is 14.9 Å². The predicted octanol–water partition coefficient (Wildman–Crippen LogP) is 1.28. The van der Waals surface area contributed by atoms with Gasteiger partial charge in [0.15, 0.2) is 0 Å². The Kier molecular flexibility index (Phi) is 5.81. The summed E-state index contributed by atoms with van der Waals surface area (Å²) in [6, 6.07) is 5.86. The Morgan fingerprint density at radius 1 is 1.26 bits per heavy atom. The molecule has 1 rings (SSSR count). The average Bonchev–Trinajstić information content (AvgIpc) is 2.38. The molecular formula is C13H17NO5. The predicted molar refractivity (Wildman–Crippen MR) is 68.2 cm³/mol. The highest BCUT2D eigenvalue weighted by molar-refractivity contribution is 5.75. The summed E-state index contributed by atoms with van der Waals surface area (Å²) in [6.45, 7) is 0.329. The van der Waals surface area contributed by atoms with Crippen LogP contribution in [0.4, 0.5) is 0 Å². The third kappa shape index (κ3) is 4.97. The number of benzene rings is 1. The highest BCUT2D eigenvalue weighted by atomic mass is 16.5. The summed E-state index contributed by atoms with van der Waals surface area (Å²) in [4.78, 5) is 21.5. The minimum Gasteiger partial charge on any atom is -0.497 e. The molecule has 1 atom stereocenters. The van der Waals surface area contributed by atoms with E-state index in [9.17, 15) is 9.59 Å². The molecule has 0 saturated heterocycles. The van der Waals surface area contributed by atoms with Gasteiger partial charge >= 0.3 is 11.9 Å². The van der Waals surface area contributed by atoms with Crippen LogP contribution in [-0.2, 0) is 9.59 Å². The van der Waals surface area contributed by atoms with Gasteiger partial charge < -0.3 is 20.3 Å². The normalized spacial score (nSPS) is 11.8. The van der Waals surface area contributed by atoms with Crippen LogP contribution in [0, 0.1) is 0 Å². The van der Waals surface area contributed by atoms with Gasteiger partial charge in [-0.15, -0.1) is 0 Å². The zero-order chi connectivity index (χ0) is 14.3. The fourth-order valence-corrected chi connectivity index (χ4v) is 1.63. The second kappa shape index (κ2) is 7.38. The van der Waals surface area contributed by atoms with Crippen LogP contribution < -0.4 is 10.1 Å². The molecule has 0 fully saturated rings. The maximum atomic E-state index is 11.2. The van der Waals surface area contributed by atoms with Gasteiger partial charge in [-0.05, 0) is 30.7 Å². The van der Waals surface area contributed by atoms with Gasteiger partial charge in [-0.2, -0.15) is 0 Å². The molecule has 0 bridgehead atoms. The van der Waals surface area contributed by atoms with E-state index in [2.05, 4.69) is 5.32 Å². The molecule has 0 heterocycles. The van der Waals surface area contributed by atoms with Gasteiger partial charge in [-0.1, -0.05) is 12.1 Å². The monoisotopic (exact) mass is 267 g/mol. The molecule has 0 aliphatic carbocycles. The summed E-state index contributed by atoms with van der Waals surface area (Å²) in [5, 5.41) is 20.5. The lowest BCUT2D eigenvalue weighted by atomic mass is 10.1.